The van der Waals surface area contributed by atoms with E-state index in [0.717, 1.165) is 0 Å². The number of carbonyl (C=O) groups is 1. The number of benzene rings is 1. The number of aromatic nitrogens is 3. The molecule has 0 spiro atoms. The van der Waals surface area contributed by atoms with E-state index in [-0.39, 0.29) is 30.7 Å². The molecule has 4 N–H and O–H groups in total. The van der Waals surface area contributed by atoms with Crippen LogP contribution in [-0.4, -0.2) is 83.6 Å². The highest BCUT2D eigenvalue weighted by atomic mass is 31.2. The van der Waals surface area contributed by atoms with Crippen LogP contribution >= 0.6 is 7.75 Å². The first-order chi connectivity index (χ1) is 19.1. The van der Waals surface area contributed by atoms with E-state index in [1.165, 1.54) is 44.1 Å². The quantitative estimate of drug-likeness (QED) is 0.166. The molecule has 220 valence electrons. The Morgan fingerprint density at radius 2 is 1.95 bits per heavy atom. The van der Waals surface area contributed by atoms with Gasteiger partial charge in [-0.1, -0.05) is 18.2 Å². The fraction of sp³-hybridized carbons (Fsp3) is 0.480. The summed E-state index contributed by atoms with van der Waals surface area (Å²) >= 11 is 0. The highest BCUT2D eigenvalue weighted by molar-refractivity contribution is 7.52. The Labute approximate surface area is 231 Å². The second-order valence-corrected chi connectivity index (χ2v) is 10.8. The third kappa shape index (κ3) is 7.74. The second-order valence-electron chi connectivity index (χ2n) is 9.09. The lowest BCUT2D eigenvalue weighted by Gasteiger charge is -2.35. The van der Waals surface area contributed by atoms with Crippen molar-refractivity contribution < 1.29 is 42.1 Å². The van der Waals surface area contributed by atoms with E-state index in [1.54, 1.807) is 37.3 Å². The molecule has 0 aliphatic rings. The molecule has 0 fully saturated rings. The number of aliphatic hydroxyl groups is 1. The zero-order valence-corrected chi connectivity index (χ0v) is 23.6. The lowest BCUT2D eigenvalue weighted by atomic mass is 9.95. The van der Waals surface area contributed by atoms with Gasteiger partial charge < -0.3 is 29.6 Å². The van der Waals surface area contributed by atoms with Crippen molar-refractivity contribution >= 4 is 25.1 Å². The van der Waals surface area contributed by atoms with Crippen molar-refractivity contribution in [1.82, 2.24) is 19.7 Å². The molecular formula is C25H35FN5O8P. The molecule has 0 aliphatic carbocycles. The van der Waals surface area contributed by atoms with Crippen LogP contribution in [0.5, 0.6) is 5.75 Å². The molecular weight excluding hydrogens is 548 g/mol. The molecule has 0 amide bonds. The summed E-state index contributed by atoms with van der Waals surface area (Å²) in [5, 5.41) is 17.7. The van der Waals surface area contributed by atoms with E-state index in [0.29, 0.717) is 11.2 Å². The normalized spacial score (nSPS) is 16.9. The van der Waals surface area contributed by atoms with E-state index in [9.17, 15) is 18.9 Å². The van der Waals surface area contributed by atoms with Crippen molar-refractivity contribution in [3.63, 3.8) is 0 Å². The monoisotopic (exact) mass is 583 g/mol. The summed E-state index contributed by atoms with van der Waals surface area (Å²) in [5.41, 5.74) is 4.91. The molecule has 0 bridgehead atoms. The van der Waals surface area contributed by atoms with Crippen LogP contribution < -0.4 is 15.3 Å². The smallest absolute Gasteiger partial charge is 0.459 e. The summed E-state index contributed by atoms with van der Waals surface area (Å²) in [6.07, 6.45) is -0.706. The van der Waals surface area contributed by atoms with Crippen LogP contribution in [0.25, 0.3) is 5.52 Å². The number of para-hydroxylation sites is 1. The van der Waals surface area contributed by atoms with Gasteiger partial charge in [-0.2, -0.15) is 10.2 Å². The zero-order chi connectivity index (χ0) is 29.3. The number of aliphatic hydroxyl groups excluding tert-OH is 1. The summed E-state index contributed by atoms with van der Waals surface area (Å²) in [5.74, 6) is -0.348. The molecule has 13 nitrogen and oxygen atoms in total. The maximum Gasteiger partial charge on any atom is 0.459 e. The molecule has 15 heteroatoms. The Hall–Kier alpha value is -3.13. The number of nitrogens with two attached hydrogens (primary N) is 1. The van der Waals surface area contributed by atoms with Crippen molar-refractivity contribution in [2.24, 2.45) is 0 Å². The number of nitrogens with one attached hydrogen (secondary N) is 1. The number of nitrogens with zero attached hydrogens (tertiary/aromatic N) is 3. The summed E-state index contributed by atoms with van der Waals surface area (Å²) in [6, 6.07) is 10.2. The van der Waals surface area contributed by atoms with Crippen LogP contribution in [0, 0.1) is 0 Å². The minimum Gasteiger partial charge on any atom is -0.462 e. The molecule has 2 heterocycles. The number of rotatable bonds is 16. The standard InChI is InChI=1S/C25H35FN5O8P/c1-17(35-3)13-37-24(33)18(2)30-40(34,39-20-8-6-5-7-9-20)38-15-25(14-26,36-4)22(32)12-19-10-11-21-23(27)28-16-29-31(19)21/h5-11,16-18,22,32H,12-15H2,1-4H3,(H,30,34)(H2,27,28,29)/t17-,18+,22+,25-,40?/m1/s1. The Morgan fingerprint density at radius 1 is 1.23 bits per heavy atom. The van der Waals surface area contributed by atoms with Crippen molar-refractivity contribution in [2.75, 3.05) is 39.8 Å². The first-order valence-corrected chi connectivity index (χ1v) is 13.9. The molecule has 3 rings (SSSR count). The fourth-order valence-electron chi connectivity index (χ4n) is 3.61. The van der Waals surface area contributed by atoms with E-state index >= 15 is 0 Å². The van der Waals surface area contributed by atoms with Gasteiger partial charge in [0.25, 0.3) is 0 Å². The summed E-state index contributed by atoms with van der Waals surface area (Å²) in [6.45, 7) is 1.17. The van der Waals surface area contributed by atoms with Gasteiger partial charge >= 0.3 is 13.7 Å². The summed E-state index contributed by atoms with van der Waals surface area (Å²) < 4.78 is 56.7. The SMILES string of the molecule is CO[C@H](C)COC(=O)[C@H](C)NP(=O)(OC[C@@](CF)(OC)[C@@H](O)Cc1ccc2c(N)ncnn12)Oc1ccccc1. The van der Waals surface area contributed by atoms with Gasteiger partial charge in [0, 0.05) is 26.3 Å². The van der Waals surface area contributed by atoms with Crippen LogP contribution in [0.3, 0.4) is 0 Å². The number of anilines is 1. The second kappa shape index (κ2) is 14.0. The van der Waals surface area contributed by atoms with Gasteiger partial charge in [-0.3, -0.25) is 9.32 Å². The van der Waals surface area contributed by atoms with E-state index in [2.05, 4.69) is 15.2 Å². The van der Waals surface area contributed by atoms with Crippen molar-refractivity contribution in [2.45, 2.75) is 44.1 Å². The molecule has 0 radical (unpaired) electrons. The molecule has 40 heavy (non-hydrogen) atoms. The van der Waals surface area contributed by atoms with Crippen LogP contribution in [0.1, 0.15) is 19.5 Å². The molecule has 5 atom stereocenters. The number of alkyl halides is 1. The van der Waals surface area contributed by atoms with Gasteiger partial charge in [0.15, 0.2) is 5.82 Å². The largest absolute Gasteiger partial charge is 0.462 e. The minimum absolute atomic E-state index is 0.0299. The average Bonchev–Trinajstić information content (AvgIpc) is 3.36. The van der Waals surface area contributed by atoms with E-state index < -0.39 is 44.7 Å². The van der Waals surface area contributed by atoms with E-state index in [1.807, 2.05) is 0 Å². The zero-order valence-electron chi connectivity index (χ0n) is 22.7. The predicted octanol–water partition coefficient (Wildman–Crippen LogP) is 2.33. The van der Waals surface area contributed by atoms with Crippen LogP contribution in [0.15, 0.2) is 48.8 Å². The molecule has 0 aliphatic heterocycles. The maximum absolute atomic E-state index is 14.5. The van der Waals surface area contributed by atoms with Gasteiger partial charge in [0.1, 0.15) is 42.5 Å². The first-order valence-electron chi connectivity index (χ1n) is 12.4. The van der Waals surface area contributed by atoms with Crippen LogP contribution in [-0.2, 0) is 34.5 Å². The highest BCUT2D eigenvalue weighted by Crippen LogP contribution is 2.46. The molecule has 2 aromatic heterocycles. The van der Waals surface area contributed by atoms with Crippen molar-refractivity contribution in [3.05, 3.63) is 54.5 Å². The summed E-state index contributed by atoms with van der Waals surface area (Å²) in [4.78, 5) is 16.4. The number of hydrogen-bond acceptors (Lipinski definition) is 11. The van der Waals surface area contributed by atoms with Gasteiger partial charge in [-0.25, -0.2) is 18.5 Å². The van der Waals surface area contributed by atoms with Gasteiger partial charge in [0.05, 0.1) is 18.8 Å². The number of methoxy groups -OCH3 is 2. The van der Waals surface area contributed by atoms with Gasteiger partial charge in [-0.05, 0) is 38.1 Å². The van der Waals surface area contributed by atoms with E-state index in [4.69, 9.17) is 29.0 Å². The maximum atomic E-state index is 14.5. The first kappa shape index (κ1) is 31.4. The number of nitrogen functional groups attached to an aromatic ring is 1. The highest BCUT2D eigenvalue weighted by Gasteiger charge is 2.43. The Morgan fingerprint density at radius 3 is 2.60 bits per heavy atom. The molecule has 0 saturated carbocycles. The molecule has 3 aromatic rings. The van der Waals surface area contributed by atoms with Crippen molar-refractivity contribution in [1.29, 1.82) is 0 Å². The number of hydrogen-bond donors (Lipinski definition) is 3. The number of fused-ring (bicyclic) bond motifs is 1. The fourth-order valence-corrected chi connectivity index (χ4v) is 5.15. The van der Waals surface area contributed by atoms with Gasteiger partial charge in [-0.15, -0.1) is 0 Å². The molecule has 0 saturated heterocycles. The number of halogens is 1. The number of ether oxygens (including phenoxy) is 3. The lowest BCUT2D eigenvalue weighted by Crippen LogP contribution is -2.51. The Kier molecular flexibility index (Phi) is 11.0. The topological polar surface area (TPSA) is 169 Å². The summed E-state index contributed by atoms with van der Waals surface area (Å²) in [7, 11) is -1.70. The third-order valence-electron chi connectivity index (χ3n) is 6.22. The minimum atomic E-state index is -4.37. The third-order valence-corrected chi connectivity index (χ3v) is 7.84. The Bertz CT molecular complexity index is 1290. The lowest BCUT2D eigenvalue weighted by molar-refractivity contribution is -0.148. The van der Waals surface area contributed by atoms with Crippen LogP contribution in [0.4, 0.5) is 10.2 Å². The number of esters is 1. The molecule has 1 unspecified atom stereocenters. The van der Waals surface area contributed by atoms with Crippen molar-refractivity contribution in [3.8, 4) is 5.75 Å². The predicted molar refractivity (Wildman–Crippen MR) is 143 cm³/mol. The average molecular weight is 584 g/mol. The van der Waals surface area contributed by atoms with Crippen LogP contribution in [0.2, 0.25) is 0 Å². The van der Waals surface area contributed by atoms with Gasteiger partial charge in [0.2, 0.25) is 0 Å². The number of carbonyl (C=O) groups excluding carboxylic acids is 1. The Balaban J connectivity index is 1.80. The molecule has 1 aromatic carbocycles.